The summed E-state index contributed by atoms with van der Waals surface area (Å²) in [5.74, 6) is 1.10. The lowest BCUT2D eigenvalue weighted by Gasteiger charge is -2.18. The summed E-state index contributed by atoms with van der Waals surface area (Å²) >= 11 is 0. The van der Waals surface area contributed by atoms with E-state index in [-0.39, 0.29) is 0 Å². The number of hydrogen-bond donors (Lipinski definition) is 1. The number of imidazole rings is 1. The van der Waals surface area contributed by atoms with Crippen LogP contribution in [0.15, 0.2) is 24.4 Å². The number of pyridine rings is 1. The summed E-state index contributed by atoms with van der Waals surface area (Å²) in [6.45, 7) is 7.26. The zero-order valence-electron chi connectivity index (χ0n) is 12.9. The van der Waals surface area contributed by atoms with Crippen LogP contribution in [0.5, 0.6) is 0 Å². The van der Waals surface area contributed by atoms with E-state index < -0.39 is 0 Å². The predicted molar refractivity (Wildman–Crippen MR) is 85.4 cm³/mol. The second kappa shape index (κ2) is 7.29. The third-order valence-corrected chi connectivity index (χ3v) is 3.61. The summed E-state index contributed by atoms with van der Waals surface area (Å²) in [5, 5.41) is 3.42. The Hall–Kier alpha value is -1.55. The van der Waals surface area contributed by atoms with E-state index in [1.807, 2.05) is 6.07 Å². The van der Waals surface area contributed by atoms with Crippen molar-refractivity contribution in [2.24, 2.45) is 0 Å². The summed E-state index contributed by atoms with van der Waals surface area (Å²) in [4.78, 5) is 7.08. The number of rotatable bonds is 8. The minimum atomic E-state index is 0.856. The highest BCUT2D eigenvalue weighted by molar-refractivity contribution is 5.55. The van der Waals surface area contributed by atoms with Crippen molar-refractivity contribution in [1.29, 1.82) is 0 Å². The van der Waals surface area contributed by atoms with Gasteiger partial charge in [-0.2, -0.15) is 0 Å². The molecule has 0 amide bonds. The minimum absolute atomic E-state index is 0.856. The van der Waals surface area contributed by atoms with Gasteiger partial charge in [0.1, 0.15) is 5.65 Å². The van der Waals surface area contributed by atoms with E-state index in [0.717, 1.165) is 31.1 Å². The van der Waals surface area contributed by atoms with Gasteiger partial charge in [0, 0.05) is 26.3 Å². The van der Waals surface area contributed by atoms with Crippen molar-refractivity contribution in [3.05, 3.63) is 30.1 Å². The zero-order valence-corrected chi connectivity index (χ0v) is 12.9. The lowest BCUT2D eigenvalue weighted by Crippen LogP contribution is -2.22. The molecule has 0 fully saturated rings. The first-order valence-corrected chi connectivity index (χ1v) is 7.65. The fourth-order valence-corrected chi connectivity index (χ4v) is 2.45. The van der Waals surface area contributed by atoms with Crippen LogP contribution in [0.1, 0.15) is 38.8 Å². The maximum Gasteiger partial charge on any atom is 0.152 e. The Labute approximate surface area is 121 Å². The van der Waals surface area contributed by atoms with Gasteiger partial charge in [0.2, 0.25) is 0 Å². The quantitative estimate of drug-likeness (QED) is 0.751. The molecule has 2 aromatic heterocycles. The molecule has 0 spiro atoms. The number of nitrogens with zero attached hydrogens (tertiary/aromatic N) is 3. The molecule has 0 aliphatic carbocycles. The molecule has 110 valence electrons. The molecule has 0 radical (unpaired) electrons. The number of anilines is 1. The molecule has 4 nitrogen and oxygen atoms in total. The molecule has 20 heavy (non-hydrogen) atoms. The van der Waals surface area contributed by atoms with Crippen LogP contribution in [0, 0.1) is 0 Å². The Morgan fingerprint density at radius 1 is 1.25 bits per heavy atom. The lowest BCUT2D eigenvalue weighted by atomic mass is 10.2. The van der Waals surface area contributed by atoms with E-state index in [4.69, 9.17) is 4.98 Å². The maximum atomic E-state index is 4.79. The second-order valence-corrected chi connectivity index (χ2v) is 5.22. The van der Waals surface area contributed by atoms with Crippen LogP contribution in [0.2, 0.25) is 0 Å². The topological polar surface area (TPSA) is 32.6 Å². The van der Waals surface area contributed by atoms with Crippen molar-refractivity contribution in [3.8, 4) is 0 Å². The average Bonchev–Trinajstić information content (AvgIpc) is 2.84. The van der Waals surface area contributed by atoms with Crippen LogP contribution in [0.3, 0.4) is 0 Å². The number of hydrogen-bond acceptors (Lipinski definition) is 3. The van der Waals surface area contributed by atoms with Crippen LogP contribution < -0.4 is 10.2 Å². The van der Waals surface area contributed by atoms with Gasteiger partial charge in [-0.05, 0) is 25.1 Å². The molecule has 0 aliphatic heterocycles. The Morgan fingerprint density at radius 2 is 2.10 bits per heavy atom. The van der Waals surface area contributed by atoms with E-state index in [1.54, 1.807) is 0 Å². The zero-order chi connectivity index (χ0) is 14.4. The van der Waals surface area contributed by atoms with Gasteiger partial charge in [0.15, 0.2) is 5.82 Å². The fourth-order valence-electron chi connectivity index (χ4n) is 2.45. The molecule has 0 aromatic carbocycles. The number of nitrogens with one attached hydrogen (secondary N) is 1. The van der Waals surface area contributed by atoms with Gasteiger partial charge in [0.25, 0.3) is 0 Å². The summed E-state index contributed by atoms with van der Waals surface area (Å²) in [6, 6.07) is 6.17. The van der Waals surface area contributed by atoms with Gasteiger partial charge in [-0.15, -0.1) is 0 Å². The first-order chi connectivity index (χ1) is 9.77. The van der Waals surface area contributed by atoms with Crippen LogP contribution >= 0.6 is 0 Å². The average molecular weight is 274 g/mol. The monoisotopic (exact) mass is 274 g/mol. The maximum absolute atomic E-state index is 4.79. The number of unbranched alkanes of at least 4 members (excludes halogenated alkanes) is 2. The van der Waals surface area contributed by atoms with Crippen molar-refractivity contribution in [2.75, 3.05) is 25.0 Å². The van der Waals surface area contributed by atoms with Gasteiger partial charge in [-0.1, -0.05) is 32.8 Å². The normalized spacial score (nSPS) is 11.2. The molecule has 0 saturated carbocycles. The highest BCUT2D eigenvalue weighted by Crippen LogP contribution is 2.21. The van der Waals surface area contributed by atoms with E-state index in [9.17, 15) is 0 Å². The molecule has 4 heteroatoms. The second-order valence-electron chi connectivity index (χ2n) is 5.22. The summed E-state index contributed by atoms with van der Waals surface area (Å²) in [6.07, 6.45) is 5.85. The Morgan fingerprint density at radius 3 is 2.85 bits per heavy atom. The molecule has 2 rings (SSSR count). The molecule has 0 saturated heterocycles. The van der Waals surface area contributed by atoms with Crippen LogP contribution in [0.25, 0.3) is 5.65 Å². The van der Waals surface area contributed by atoms with Gasteiger partial charge in [-0.25, -0.2) is 4.98 Å². The number of fused-ring (bicyclic) bond motifs is 1. The first kappa shape index (κ1) is 14.9. The summed E-state index contributed by atoms with van der Waals surface area (Å²) in [7, 11) is 2.15. The Bertz CT molecular complexity index is 532. The van der Waals surface area contributed by atoms with E-state index in [1.165, 1.54) is 25.0 Å². The highest BCUT2D eigenvalue weighted by atomic mass is 15.2. The molecular formula is C16H26N4. The van der Waals surface area contributed by atoms with Crippen LogP contribution in [-0.2, 0) is 6.54 Å². The smallest absolute Gasteiger partial charge is 0.152 e. The molecule has 0 unspecified atom stereocenters. The summed E-state index contributed by atoms with van der Waals surface area (Å²) < 4.78 is 2.19. The van der Waals surface area contributed by atoms with Crippen LogP contribution in [0.4, 0.5) is 5.82 Å². The molecule has 2 heterocycles. The van der Waals surface area contributed by atoms with Gasteiger partial charge >= 0.3 is 0 Å². The molecular weight excluding hydrogens is 248 g/mol. The van der Waals surface area contributed by atoms with Gasteiger partial charge in [-0.3, -0.25) is 0 Å². The van der Waals surface area contributed by atoms with E-state index in [2.05, 4.69) is 53.8 Å². The standard InChI is InChI=1S/C16H26N4/c1-4-6-8-11-19(3)16-14(13-17-5-2)20-12-9-7-10-15(20)18-16/h7,9-10,12,17H,4-6,8,11,13H2,1-3H3. The fraction of sp³-hybridized carbons (Fsp3) is 0.562. The lowest BCUT2D eigenvalue weighted by molar-refractivity contribution is 0.684. The van der Waals surface area contributed by atoms with E-state index >= 15 is 0 Å². The molecule has 0 aliphatic rings. The third kappa shape index (κ3) is 3.31. The van der Waals surface area contributed by atoms with Gasteiger partial charge in [0.05, 0.1) is 5.69 Å². The Balaban J connectivity index is 2.25. The van der Waals surface area contributed by atoms with Crippen molar-refractivity contribution >= 4 is 11.5 Å². The molecule has 1 N–H and O–H groups in total. The van der Waals surface area contributed by atoms with E-state index in [0.29, 0.717) is 0 Å². The van der Waals surface area contributed by atoms with Gasteiger partial charge < -0.3 is 14.6 Å². The largest absolute Gasteiger partial charge is 0.358 e. The van der Waals surface area contributed by atoms with Crippen molar-refractivity contribution in [3.63, 3.8) is 0 Å². The summed E-state index contributed by atoms with van der Waals surface area (Å²) in [5.41, 5.74) is 2.28. The first-order valence-electron chi connectivity index (χ1n) is 7.65. The van der Waals surface area contributed by atoms with Crippen molar-refractivity contribution < 1.29 is 0 Å². The molecule has 0 atom stereocenters. The predicted octanol–water partition coefficient (Wildman–Crippen LogP) is 3.07. The number of aromatic nitrogens is 2. The highest BCUT2D eigenvalue weighted by Gasteiger charge is 2.14. The van der Waals surface area contributed by atoms with Crippen molar-refractivity contribution in [2.45, 2.75) is 39.7 Å². The minimum Gasteiger partial charge on any atom is -0.358 e. The third-order valence-electron chi connectivity index (χ3n) is 3.61. The van der Waals surface area contributed by atoms with Crippen molar-refractivity contribution in [1.82, 2.24) is 14.7 Å². The molecule has 2 aromatic rings. The SMILES string of the molecule is CCCCCN(C)c1nc2ccccn2c1CNCC. The molecule has 0 bridgehead atoms. The van der Waals surface area contributed by atoms with Crippen LogP contribution in [-0.4, -0.2) is 29.5 Å². The Kier molecular flexibility index (Phi) is 5.41.